The Morgan fingerprint density at radius 2 is 1.87 bits per heavy atom. The van der Waals surface area contributed by atoms with E-state index >= 15 is 0 Å². The highest BCUT2D eigenvalue weighted by Crippen LogP contribution is 2.30. The molecule has 1 fully saturated rings. The van der Waals surface area contributed by atoms with Gasteiger partial charge in [0, 0.05) is 18.7 Å². The maximum absolute atomic E-state index is 12.3. The van der Waals surface area contributed by atoms with Crippen molar-refractivity contribution in [3.05, 3.63) is 82.1 Å². The van der Waals surface area contributed by atoms with Gasteiger partial charge in [-0.1, -0.05) is 12.1 Å². The Bertz CT molecular complexity index is 1050. The number of non-ortho nitro benzene ring substituents is 1. The Labute approximate surface area is 178 Å². The molecule has 1 N–H and O–H groups in total. The first-order chi connectivity index (χ1) is 14.9. The third kappa shape index (κ3) is 5.08. The molecule has 1 saturated heterocycles. The second-order valence-corrected chi connectivity index (χ2v) is 6.54. The van der Waals surface area contributed by atoms with E-state index in [-0.39, 0.29) is 24.5 Å². The van der Waals surface area contributed by atoms with Crippen LogP contribution in [-0.4, -0.2) is 34.9 Å². The number of carbonyl (C=O) groups is 2. The molecule has 0 unspecified atom stereocenters. The van der Waals surface area contributed by atoms with E-state index in [0.717, 1.165) is 10.5 Å². The smallest absolute Gasteiger partial charge is 0.329 e. The summed E-state index contributed by atoms with van der Waals surface area (Å²) < 4.78 is 11.5. The lowest BCUT2D eigenvalue weighted by Crippen LogP contribution is -2.30. The van der Waals surface area contributed by atoms with Crippen LogP contribution < -0.4 is 14.8 Å². The van der Waals surface area contributed by atoms with Gasteiger partial charge in [0.15, 0.2) is 11.5 Å². The maximum atomic E-state index is 12.3. The fraction of sp³-hybridized carbons (Fsp3) is 0.182. The predicted octanol–water partition coefficient (Wildman–Crippen LogP) is 3.65. The molecule has 1 aliphatic rings. The number of imide groups is 1. The Hall–Kier alpha value is -4.14. The van der Waals surface area contributed by atoms with Crippen molar-refractivity contribution in [2.75, 3.05) is 13.2 Å². The third-order valence-electron chi connectivity index (χ3n) is 4.39. The van der Waals surface area contributed by atoms with Crippen molar-refractivity contribution >= 4 is 23.7 Å². The van der Waals surface area contributed by atoms with Crippen LogP contribution in [0.15, 0.2) is 60.8 Å². The van der Waals surface area contributed by atoms with Crippen molar-refractivity contribution in [3.8, 4) is 11.5 Å². The first-order valence-electron chi connectivity index (χ1n) is 9.51. The van der Waals surface area contributed by atoms with E-state index in [4.69, 9.17) is 9.47 Å². The summed E-state index contributed by atoms with van der Waals surface area (Å²) in [4.78, 5) is 35.6. The number of nitrogens with one attached hydrogen (secondary N) is 1. The Balaban J connectivity index is 1.76. The highest BCUT2D eigenvalue weighted by Gasteiger charge is 2.32. The number of nitro benzene ring substituents is 1. The summed E-state index contributed by atoms with van der Waals surface area (Å²) >= 11 is 0. The molecule has 0 saturated carbocycles. The molecule has 0 aliphatic carbocycles. The topological polar surface area (TPSA) is 111 Å². The van der Waals surface area contributed by atoms with Gasteiger partial charge in [-0.05, 0) is 48.4 Å². The molecule has 2 aromatic rings. The van der Waals surface area contributed by atoms with E-state index in [2.05, 4.69) is 11.9 Å². The molecule has 0 radical (unpaired) electrons. The number of urea groups is 1. The minimum absolute atomic E-state index is 0.0105. The third-order valence-corrected chi connectivity index (χ3v) is 4.39. The van der Waals surface area contributed by atoms with Crippen LogP contribution in [0.2, 0.25) is 0 Å². The molecule has 160 valence electrons. The zero-order chi connectivity index (χ0) is 22.4. The average Bonchev–Trinajstić information content (AvgIpc) is 3.01. The highest BCUT2D eigenvalue weighted by atomic mass is 16.6. The maximum Gasteiger partial charge on any atom is 0.329 e. The van der Waals surface area contributed by atoms with Crippen molar-refractivity contribution in [2.24, 2.45) is 0 Å². The van der Waals surface area contributed by atoms with Gasteiger partial charge in [-0.25, -0.2) is 4.79 Å². The molecule has 9 heteroatoms. The lowest BCUT2D eigenvalue weighted by molar-refractivity contribution is -0.384. The van der Waals surface area contributed by atoms with E-state index in [1.165, 1.54) is 18.2 Å². The quantitative estimate of drug-likeness (QED) is 0.217. The Morgan fingerprint density at radius 3 is 2.52 bits per heavy atom. The van der Waals surface area contributed by atoms with Crippen LogP contribution in [0, 0.1) is 10.1 Å². The fourth-order valence-corrected chi connectivity index (χ4v) is 2.91. The molecule has 9 nitrogen and oxygen atoms in total. The SMILES string of the molecule is C=CCN1C(=O)N/C(=C/c2ccc(OCc3ccc([N+](=O)[O-])cc3)c(OCC)c2)C1=O. The second kappa shape index (κ2) is 9.57. The van der Waals surface area contributed by atoms with Crippen LogP contribution in [-0.2, 0) is 11.4 Å². The van der Waals surface area contributed by atoms with Crippen LogP contribution in [0.4, 0.5) is 10.5 Å². The van der Waals surface area contributed by atoms with E-state index in [9.17, 15) is 19.7 Å². The van der Waals surface area contributed by atoms with Gasteiger partial charge >= 0.3 is 6.03 Å². The summed E-state index contributed by atoms with van der Waals surface area (Å²) in [5.74, 6) is 0.525. The van der Waals surface area contributed by atoms with Crippen molar-refractivity contribution < 1.29 is 24.0 Å². The second-order valence-electron chi connectivity index (χ2n) is 6.54. The molecule has 31 heavy (non-hydrogen) atoms. The lowest BCUT2D eigenvalue weighted by Gasteiger charge is -2.13. The molecule has 1 aliphatic heterocycles. The monoisotopic (exact) mass is 423 g/mol. The number of nitro groups is 1. The molecule has 1 heterocycles. The summed E-state index contributed by atoms with van der Waals surface area (Å²) in [6.07, 6.45) is 3.04. The zero-order valence-electron chi connectivity index (χ0n) is 16.9. The fourth-order valence-electron chi connectivity index (χ4n) is 2.91. The van der Waals surface area contributed by atoms with Crippen LogP contribution in [0.25, 0.3) is 6.08 Å². The standard InChI is InChI=1S/C22H21N3O6/c1-3-11-24-21(26)18(23-22(24)27)12-16-7-10-19(20(13-16)30-4-2)31-14-15-5-8-17(9-6-15)25(28)29/h3,5-10,12-13H,1,4,11,14H2,2H3,(H,23,27)/b18-12+. The molecule has 2 aromatic carbocycles. The van der Waals surface area contributed by atoms with Gasteiger partial charge in [-0.15, -0.1) is 6.58 Å². The van der Waals surface area contributed by atoms with Crippen LogP contribution in [0.3, 0.4) is 0 Å². The Kier molecular flexibility index (Phi) is 6.66. The normalized spacial score (nSPS) is 14.5. The summed E-state index contributed by atoms with van der Waals surface area (Å²) in [6.45, 7) is 6.10. The van der Waals surface area contributed by atoms with Crippen molar-refractivity contribution in [1.29, 1.82) is 0 Å². The van der Waals surface area contributed by atoms with E-state index in [0.29, 0.717) is 23.7 Å². The number of nitrogens with zero attached hydrogens (tertiary/aromatic N) is 2. The first kappa shape index (κ1) is 21.6. The van der Waals surface area contributed by atoms with Gasteiger partial charge in [0.05, 0.1) is 11.5 Å². The van der Waals surface area contributed by atoms with Crippen molar-refractivity contribution in [1.82, 2.24) is 10.2 Å². The summed E-state index contributed by atoms with van der Waals surface area (Å²) in [5.41, 5.74) is 1.58. The molecular formula is C22H21N3O6. The predicted molar refractivity (Wildman–Crippen MR) is 113 cm³/mol. The first-order valence-corrected chi connectivity index (χ1v) is 9.51. The number of ether oxygens (including phenoxy) is 2. The van der Waals surface area contributed by atoms with Gasteiger partial charge in [0.1, 0.15) is 12.3 Å². The van der Waals surface area contributed by atoms with Gasteiger partial charge in [-0.2, -0.15) is 0 Å². The summed E-state index contributed by atoms with van der Waals surface area (Å²) in [6, 6.07) is 10.7. The van der Waals surface area contributed by atoms with Gasteiger partial charge in [0.25, 0.3) is 11.6 Å². The largest absolute Gasteiger partial charge is 0.490 e. The average molecular weight is 423 g/mol. The molecule has 0 atom stereocenters. The number of amides is 3. The molecule has 0 bridgehead atoms. The van der Waals surface area contributed by atoms with E-state index < -0.39 is 16.9 Å². The summed E-state index contributed by atoms with van der Waals surface area (Å²) in [7, 11) is 0. The number of carbonyl (C=O) groups excluding carboxylic acids is 2. The van der Waals surface area contributed by atoms with Crippen molar-refractivity contribution in [3.63, 3.8) is 0 Å². The number of benzene rings is 2. The van der Waals surface area contributed by atoms with Gasteiger partial charge in [0.2, 0.25) is 0 Å². The lowest BCUT2D eigenvalue weighted by atomic mass is 10.1. The molecular weight excluding hydrogens is 402 g/mol. The molecule has 3 rings (SSSR count). The van der Waals surface area contributed by atoms with E-state index in [1.807, 2.05) is 6.92 Å². The van der Waals surface area contributed by atoms with Crippen LogP contribution in [0.1, 0.15) is 18.1 Å². The van der Waals surface area contributed by atoms with Crippen LogP contribution >= 0.6 is 0 Å². The zero-order valence-corrected chi connectivity index (χ0v) is 16.9. The van der Waals surface area contributed by atoms with Crippen LogP contribution in [0.5, 0.6) is 11.5 Å². The number of hydrogen-bond donors (Lipinski definition) is 1. The van der Waals surface area contributed by atoms with Crippen molar-refractivity contribution in [2.45, 2.75) is 13.5 Å². The van der Waals surface area contributed by atoms with E-state index in [1.54, 1.807) is 36.4 Å². The molecule has 0 spiro atoms. The molecule has 0 aromatic heterocycles. The van der Waals surface area contributed by atoms with Gasteiger partial charge < -0.3 is 14.8 Å². The Morgan fingerprint density at radius 1 is 1.13 bits per heavy atom. The highest BCUT2D eigenvalue weighted by molar-refractivity contribution is 6.14. The summed E-state index contributed by atoms with van der Waals surface area (Å²) in [5, 5.41) is 13.3. The minimum Gasteiger partial charge on any atom is -0.490 e. The number of rotatable bonds is 9. The van der Waals surface area contributed by atoms with Gasteiger partial charge in [-0.3, -0.25) is 19.8 Å². The minimum atomic E-state index is -0.496. The molecule has 3 amide bonds. The number of hydrogen-bond acceptors (Lipinski definition) is 6.